The van der Waals surface area contributed by atoms with E-state index in [-0.39, 0.29) is 5.75 Å². The fraction of sp³-hybridized carbons (Fsp3) is 0.0625. The van der Waals surface area contributed by atoms with E-state index in [2.05, 4.69) is 15.0 Å². The van der Waals surface area contributed by atoms with Crippen LogP contribution in [0.2, 0.25) is 5.02 Å². The number of alkyl halides is 3. The number of anilines is 2. The number of nitrogens with one attached hydrogen (secondary N) is 1. The Morgan fingerprint density at radius 3 is 2.43 bits per heavy atom. The summed E-state index contributed by atoms with van der Waals surface area (Å²) in [5.74, 6) is -0.283. The minimum atomic E-state index is -4.71. The molecule has 23 heavy (non-hydrogen) atoms. The van der Waals surface area contributed by atoms with Gasteiger partial charge in [0, 0.05) is 17.3 Å². The molecule has 0 bridgehead atoms. The van der Waals surface area contributed by atoms with Crippen LogP contribution in [0.25, 0.3) is 10.9 Å². The molecule has 0 spiro atoms. The average molecular weight is 339 g/mol. The number of pyridine rings is 1. The summed E-state index contributed by atoms with van der Waals surface area (Å²) < 4.78 is 40.2. The zero-order valence-corrected chi connectivity index (χ0v) is 12.3. The highest BCUT2D eigenvalue weighted by molar-refractivity contribution is 6.37. The second kappa shape index (κ2) is 5.96. The van der Waals surface area contributed by atoms with Gasteiger partial charge in [0.25, 0.3) is 0 Å². The number of ether oxygens (including phenoxy) is 1. The number of benzene rings is 2. The van der Waals surface area contributed by atoms with Gasteiger partial charge >= 0.3 is 6.36 Å². The van der Waals surface area contributed by atoms with Crippen LogP contribution in [0.1, 0.15) is 0 Å². The minimum absolute atomic E-state index is 0.283. The number of halogens is 4. The quantitative estimate of drug-likeness (QED) is 0.681. The first kappa shape index (κ1) is 15.4. The van der Waals surface area contributed by atoms with Crippen LogP contribution in [0, 0.1) is 0 Å². The van der Waals surface area contributed by atoms with Crippen molar-refractivity contribution in [1.29, 1.82) is 0 Å². The van der Waals surface area contributed by atoms with Gasteiger partial charge in [0.2, 0.25) is 0 Å². The van der Waals surface area contributed by atoms with Crippen LogP contribution in [0.3, 0.4) is 0 Å². The predicted octanol–water partition coefficient (Wildman–Crippen LogP) is 5.53. The average Bonchev–Trinajstić information content (AvgIpc) is 2.51. The summed E-state index contributed by atoms with van der Waals surface area (Å²) in [5.41, 5.74) is 1.84. The van der Waals surface area contributed by atoms with Gasteiger partial charge in [-0.3, -0.25) is 4.98 Å². The third kappa shape index (κ3) is 3.65. The molecular weight excluding hydrogens is 329 g/mol. The van der Waals surface area contributed by atoms with E-state index in [9.17, 15) is 13.2 Å². The van der Waals surface area contributed by atoms with Gasteiger partial charge in [-0.2, -0.15) is 0 Å². The SMILES string of the molecule is FC(F)(F)Oc1ccc(Nc2ccc3cccnc3c2Cl)cc1. The highest BCUT2D eigenvalue weighted by Crippen LogP contribution is 2.32. The monoisotopic (exact) mass is 338 g/mol. The topological polar surface area (TPSA) is 34.1 Å². The highest BCUT2D eigenvalue weighted by atomic mass is 35.5. The molecule has 0 aliphatic heterocycles. The Hall–Kier alpha value is -2.47. The van der Waals surface area contributed by atoms with E-state index in [4.69, 9.17) is 11.6 Å². The van der Waals surface area contributed by atoms with Gasteiger partial charge < -0.3 is 10.1 Å². The van der Waals surface area contributed by atoms with Crippen LogP contribution >= 0.6 is 11.6 Å². The van der Waals surface area contributed by atoms with E-state index < -0.39 is 6.36 Å². The summed E-state index contributed by atoms with van der Waals surface area (Å²) in [6.45, 7) is 0. The van der Waals surface area contributed by atoms with E-state index in [1.54, 1.807) is 12.3 Å². The van der Waals surface area contributed by atoms with E-state index in [1.165, 1.54) is 24.3 Å². The zero-order chi connectivity index (χ0) is 16.4. The largest absolute Gasteiger partial charge is 0.573 e. The van der Waals surface area contributed by atoms with Crippen molar-refractivity contribution in [3.05, 3.63) is 59.8 Å². The van der Waals surface area contributed by atoms with Gasteiger partial charge in [-0.1, -0.05) is 23.7 Å². The molecule has 1 N–H and O–H groups in total. The van der Waals surface area contributed by atoms with Gasteiger partial charge in [0.1, 0.15) is 5.75 Å². The van der Waals surface area contributed by atoms with Gasteiger partial charge in [0.15, 0.2) is 0 Å². The molecule has 1 heterocycles. The van der Waals surface area contributed by atoms with Crippen molar-refractivity contribution in [3.63, 3.8) is 0 Å². The second-order valence-corrected chi connectivity index (χ2v) is 5.08. The molecule has 2 aromatic carbocycles. The molecule has 0 unspecified atom stereocenters. The predicted molar refractivity (Wildman–Crippen MR) is 83.2 cm³/mol. The molecule has 118 valence electrons. The molecule has 1 aromatic heterocycles. The summed E-state index contributed by atoms with van der Waals surface area (Å²) in [4.78, 5) is 4.22. The van der Waals surface area contributed by atoms with Crippen molar-refractivity contribution in [1.82, 2.24) is 4.98 Å². The number of rotatable bonds is 3. The molecule has 3 rings (SSSR count). The Labute approximate surface area is 134 Å². The molecule has 0 fully saturated rings. The Kier molecular flexibility index (Phi) is 4.00. The molecule has 0 aliphatic rings. The summed E-state index contributed by atoms with van der Waals surface area (Å²) in [7, 11) is 0. The summed E-state index contributed by atoms with van der Waals surface area (Å²) in [6, 6.07) is 12.7. The van der Waals surface area contributed by atoms with E-state index in [0.717, 1.165) is 5.39 Å². The van der Waals surface area contributed by atoms with Crippen LogP contribution in [0.15, 0.2) is 54.7 Å². The van der Waals surface area contributed by atoms with Crippen molar-refractivity contribution in [2.24, 2.45) is 0 Å². The van der Waals surface area contributed by atoms with E-state index >= 15 is 0 Å². The van der Waals surface area contributed by atoms with Crippen molar-refractivity contribution >= 4 is 33.9 Å². The molecule has 3 nitrogen and oxygen atoms in total. The van der Waals surface area contributed by atoms with Gasteiger partial charge in [-0.25, -0.2) is 0 Å². The maximum atomic E-state index is 12.1. The second-order valence-electron chi connectivity index (χ2n) is 4.70. The summed E-state index contributed by atoms with van der Waals surface area (Å²) >= 11 is 6.31. The van der Waals surface area contributed by atoms with Crippen LogP contribution in [-0.2, 0) is 0 Å². The van der Waals surface area contributed by atoms with Crippen LogP contribution in [0.5, 0.6) is 5.75 Å². The lowest BCUT2D eigenvalue weighted by Crippen LogP contribution is -2.16. The highest BCUT2D eigenvalue weighted by Gasteiger charge is 2.30. The molecule has 0 atom stereocenters. The summed E-state index contributed by atoms with van der Waals surface area (Å²) in [5, 5.41) is 4.39. The fourth-order valence-corrected chi connectivity index (χ4v) is 2.37. The lowest BCUT2D eigenvalue weighted by molar-refractivity contribution is -0.274. The van der Waals surface area contributed by atoms with Crippen molar-refractivity contribution < 1.29 is 17.9 Å². The van der Waals surface area contributed by atoms with Crippen LogP contribution in [0.4, 0.5) is 24.5 Å². The molecule has 0 saturated heterocycles. The minimum Gasteiger partial charge on any atom is -0.406 e. The first-order valence-corrected chi connectivity index (χ1v) is 6.96. The van der Waals surface area contributed by atoms with Crippen LogP contribution in [-0.4, -0.2) is 11.3 Å². The number of aromatic nitrogens is 1. The third-order valence-corrected chi connectivity index (χ3v) is 3.46. The zero-order valence-electron chi connectivity index (χ0n) is 11.6. The molecule has 0 amide bonds. The Bertz CT molecular complexity index is 835. The van der Waals surface area contributed by atoms with E-state index in [1.807, 2.05) is 18.2 Å². The van der Waals surface area contributed by atoms with Crippen molar-refractivity contribution in [2.45, 2.75) is 6.36 Å². The maximum absolute atomic E-state index is 12.1. The number of nitrogens with zero attached hydrogens (tertiary/aromatic N) is 1. The van der Waals surface area contributed by atoms with E-state index in [0.29, 0.717) is 21.9 Å². The molecule has 0 aliphatic carbocycles. The molecular formula is C16H10ClF3N2O. The first-order chi connectivity index (χ1) is 10.9. The molecule has 0 radical (unpaired) electrons. The number of fused-ring (bicyclic) bond motifs is 1. The lowest BCUT2D eigenvalue weighted by atomic mass is 10.2. The van der Waals surface area contributed by atoms with Gasteiger partial charge in [0.05, 0.1) is 16.2 Å². The number of hydrogen-bond acceptors (Lipinski definition) is 3. The van der Waals surface area contributed by atoms with Crippen molar-refractivity contribution in [3.8, 4) is 5.75 Å². The normalized spacial score (nSPS) is 11.5. The molecule has 3 aromatic rings. The maximum Gasteiger partial charge on any atom is 0.573 e. The molecule has 7 heteroatoms. The summed E-state index contributed by atoms with van der Waals surface area (Å²) in [6.07, 6.45) is -3.07. The third-order valence-electron chi connectivity index (χ3n) is 3.08. The number of hydrogen-bond donors (Lipinski definition) is 1. The lowest BCUT2D eigenvalue weighted by Gasteiger charge is -2.12. The van der Waals surface area contributed by atoms with Gasteiger partial charge in [-0.15, -0.1) is 13.2 Å². The fourth-order valence-electron chi connectivity index (χ4n) is 2.10. The Balaban J connectivity index is 1.83. The van der Waals surface area contributed by atoms with Crippen LogP contribution < -0.4 is 10.1 Å². The first-order valence-electron chi connectivity index (χ1n) is 6.58. The Morgan fingerprint density at radius 1 is 1.00 bits per heavy atom. The molecule has 0 saturated carbocycles. The van der Waals surface area contributed by atoms with Crippen molar-refractivity contribution in [2.75, 3.05) is 5.32 Å². The smallest absolute Gasteiger partial charge is 0.406 e. The van der Waals surface area contributed by atoms with Gasteiger partial charge in [-0.05, 0) is 36.4 Å². The standard InChI is InChI=1S/C16H10ClF3N2O/c17-14-13(8-3-10-2-1-9-21-15(10)14)22-11-4-6-12(7-5-11)23-16(18,19)20/h1-9,22H. The Morgan fingerprint density at radius 2 is 1.74 bits per heavy atom.